The summed E-state index contributed by atoms with van der Waals surface area (Å²) < 4.78 is 5.09. The first kappa shape index (κ1) is 15.3. The molecule has 6 heteroatoms. The number of rotatable bonds is 6. The molecule has 5 nitrogen and oxygen atoms in total. The van der Waals surface area contributed by atoms with Crippen molar-refractivity contribution in [1.29, 1.82) is 0 Å². The third kappa shape index (κ3) is 3.52. The zero-order valence-corrected chi connectivity index (χ0v) is 12.7. The Morgan fingerprint density at radius 1 is 1.48 bits per heavy atom. The van der Waals surface area contributed by atoms with Gasteiger partial charge in [0.15, 0.2) is 5.76 Å². The topological polar surface area (TPSA) is 70.8 Å². The third-order valence-corrected chi connectivity index (χ3v) is 4.03. The second-order valence-corrected chi connectivity index (χ2v) is 5.56. The molecule has 0 aliphatic rings. The van der Waals surface area contributed by atoms with Crippen LogP contribution in [0.2, 0.25) is 0 Å². The fraction of sp³-hybridized carbons (Fsp3) is 0.333. The van der Waals surface area contributed by atoms with Gasteiger partial charge in [-0.3, -0.25) is 4.79 Å². The summed E-state index contributed by atoms with van der Waals surface area (Å²) in [4.78, 5) is 24.9. The number of amides is 1. The average Bonchev–Trinajstić information content (AvgIpc) is 3.09. The van der Waals surface area contributed by atoms with Crippen molar-refractivity contribution in [3.63, 3.8) is 0 Å². The Labute approximate surface area is 126 Å². The van der Waals surface area contributed by atoms with E-state index in [4.69, 9.17) is 9.52 Å². The van der Waals surface area contributed by atoms with Crippen molar-refractivity contribution in [2.45, 2.75) is 26.3 Å². The number of hydrogen-bond acceptors (Lipinski definition) is 4. The highest BCUT2D eigenvalue weighted by Gasteiger charge is 2.24. The average molecular weight is 307 g/mol. The number of carbonyl (C=O) groups is 2. The summed E-state index contributed by atoms with van der Waals surface area (Å²) in [7, 11) is 0. The molecule has 0 aliphatic carbocycles. The largest absolute Gasteiger partial charge is 0.478 e. The van der Waals surface area contributed by atoms with Crippen LogP contribution in [0.5, 0.6) is 0 Å². The van der Waals surface area contributed by atoms with Gasteiger partial charge in [-0.25, -0.2) is 4.79 Å². The number of hydrogen-bond donors (Lipinski definition) is 1. The standard InChI is InChI=1S/C15H17NO4S/c1-3-16(10(2)6-11-4-5-21-9-11)14(17)13-7-12(8-20-13)15(18)19/h4-5,7-10H,3,6H2,1-2H3,(H,18,19). The quantitative estimate of drug-likeness (QED) is 0.890. The molecule has 1 amide bonds. The van der Waals surface area contributed by atoms with Crippen molar-refractivity contribution in [1.82, 2.24) is 4.90 Å². The molecule has 1 N–H and O–H groups in total. The second-order valence-electron chi connectivity index (χ2n) is 4.78. The van der Waals surface area contributed by atoms with Gasteiger partial charge in [-0.15, -0.1) is 0 Å². The van der Waals surface area contributed by atoms with E-state index in [1.807, 2.05) is 25.3 Å². The van der Waals surface area contributed by atoms with Crippen LogP contribution in [0.3, 0.4) is 0 Å². The van der Waals surface area contributed by atoms with Crippen LogP contribution in [-0.4, -0.2) is 34.5 Å². The number of thiophene rings is 1. The maximum atomic E-state index is 12.4. The molecule has 2 rings (SSSR count). The Morgan fingerprint density at radius 2 is 2.24 bits per heavy atom. The van der Waals surface area contributed by atoms with Gasteiger partial charge < -0.3 is 14.4 Å². The highest BCUT2D eigenvalue weighted by atomic mass is 32.1. The summed E-state index contributed by atoms with van der Waals surface area (Å²) in [5, 5.41) is 12.9. The van der Waals surface area contributed by atoms with E-state index < -0.39 is 5.97 Å². The van der Waals surface area contributed by atoms with E-state index in [2.05, 4.69) is 5.38 Å². The van der Waals surface area contributed by atoms with E-state index in [9.17, 15) is 9.59 Å². The van der Waals surface area contributed by atoms with Crippen molar-refractivity contribution in [2.75, 3.05) is 6.54 Å². The van der Waals surface area contributed by atoms with Gasteiger partial charge in [-0.05, 0) is 42.7 Å². The van der Waals surface area contributed by atoms with Gasteiger partial charge in [-0.1, -0.05) is 0 Å². The molecule has 112 valence electrons. The molecule has 2 aromatic heterocycles. The first-order valence-corrected chi connectivity index (χ1v) is 7.61. The number of carboxylic acid groups (broad SMARTS) is 1. The molecule has 21 heavy (non-hydrogen) atoms. The van der Waals surface area contributed by atoms with E-state index in [1.54, 1.807) is 16.2 Å². The van der Waals surface area contributed by atoms with Gasteiger partial charge in [0.05, 0.1) is 5.56 Å². The van der Waals surface area contributed by atoms with Crippen LogP contribution in [0.1, 0.15) is 40.3 Å². The lowest BCUT2D eigenvalue weighted by Crippen LogP contribution is -2.39. The van der Waals surface area contributed by atoms with Crippen molar-refractivity contribution in [3.8, 4) is 0 Å². The molecular formula is C15H17NO4S. The van der Waals surface area contributed by atoms with Gasteiger partial charge in [0.25, 0.3) is 5.91 Å². The van der Waals surface area contributed by atoms with E-state index in [1.165, 1.54) is 11.6 Å². The Morgan fingerprint density at radius 3 is 2.76 bits per heavy atom. The fourth-order valence-electron chi connectivity index (χ4n) is 2.22. The molecule has 0 spiro atoms. The van der Waals surface area contributed by atoms with Crippen LogP contribution in [0.25, 0.3) is 0 Å². The SMILES string of the molecule is CCN(C(=O)c1cc(C(=O)O)co1)C(C)Cc1ccsc1. The highest BCUT2D eigenvalue weighted by Crippen LogP contribution is 2.16. The maximum Gasteiger partial charge on any atom is 0.338 e. The number of nitrogens with zero attached hydrogens (tertiary/aromatic N) is 1. The summed E-state index contributed by atoms with van der Waals surface area (Å²) in [5.74, 6) is -1.33. The number of carboxylic acids is 1. The van der Waals surface area contributed by atoms with Crippen LogP contribution in [-0.2, 0) is 6.42 Å². The first-order chi connectivity index (χ1) is 10.0. The van der Waals surface area contributed by atoms with E-state index in [-0.39, 0.29) is 23.3 Å². The van der Waals surface area contributed by atoms with E-state index in [0.29, 0.717) is 6.54 Å². The molecule has 0 radical (unpaired) electrons. The van der Waals surface area contributed by atoms with Crippen LogP contribution < -0.4 is 0 Å². The van der Waals surface area contributed by atoms with Crippen LogP contribution in [0.15, 0.2) is 33.6 Å². The molecule has 2 heterocycles. The maximum absolute atomic E-state index is 12.4. The molecule has 0 aromatic carbocycles. The molecule has 1 atom stereocenters. The van der Waals surface area contributed by atoms with Crippen molar-refractivity contribution in [3.05, 3.63) is 46.0 Å². The highest BCUT2D eigenvalue weighted by molar-refractivity contribution is 7.07. The van der Waals surface area contributed by atoms with Gasteiger partial charge in [0.1, 0.15) is 6.26 Å². The molecule has 1 unspecified atom stereocenters. The minimum absolute atomic E-state index is 0.00970. The smallest absolute Gasteiger partial charge is 0.338 e. The second kappa shape index (κ2) is 6.58. The lowest BCUT2D eigenvalue weighted by molar-refractivity contribution is 0.0668. The van der Waals surface area contributed by atoms with Gasteiger partial charge in [0, 0.05) is 18.7 Å². The van der Waals surface area contributed by atoms with Crippen molar-refractivity contribution in [2.24, 2.45) is 0 Å². The molecule has 2 aromatic rings. The summed E-state index contributed by atoms with van der Waals surface area (Å²) in [6.45, 7) is 4.40. The summed E-state index contributed by atoms with van der Waals surface area (Å²) >= 11 is 1.62. The molecule has 0 fully saturated rings. The van der Waals surface area contributed by atoms with Crippen molar-refractivity contribution >= 4 is 23.2 Å². The van der Waals surface area contributed by atoms with Crippen LogP contribution >= 0.6 is 11.3 Å². The fourth-order valence-corrected chi connectivity index (χ4v) is 2.90. The first-order valence-electron chi connectivity index (χ1n) is 6.66. The molecular weight excluding hydrogens is 290 g/mol. The lowest BCUT2D eigenvalue weighted by atomic mass is 10.1. The summed E-state index contributed by atoms with van der Waals surface area (Å²) in [6.07, 6.45) is 1.85. The predicted octanol–water partition coefficient (Wildman–Crippen LogP) is 3.13. The summed E-state index contributed by atoms with van der Waals surface area (Å²) in [6, 6.07) is 3.31. The van der Waals surface area contributed by atoms with Crippen LogP contribution in [0, 0.1) is 0 Å². The number of furan rings is 1. The molecule has 0 saturated heterocycles. The minimum Gasteiger partial charge on any atom is -0.478 e. The Balaban J connectivity index is 2.11. The summed E-state index contributed by atoms with van der Waals surface area (Å²) in [5.41, 5.74) is 1.17. The Bertz CT molecular complexity index is 617. The number of aromatic carboxylic acids is 1. The van der Waals surface area contributed by atoms with Crippen LogP contribution in [0.4, 0.5) is 0 Å². The zero-order valence-electron chi connectivity index (χ0n) is 11.9. The minimum atomic E-state index is -1.10. The van der Waals surface area contributed by atoms with Gasteiger partial charge in [0.2, 0.25) is 0 Å². The molecule has 0 aliphatic heterocycles. The normalized spacial score (nSPS) is 12.1. The van der Waals surface area contributed by atoms with Gasteiger partial charge in [-0.2, -0.15) is 11.3 Å². The number of likely N-dealkylation sites (N-methyl/N-ethyl adjacent to an activating group) is 1. The monoisotopic (exact) mass is 307 g/mol. The van der Waals surface area contributed by atoms with Crippen molar-refractivity contribution < 1.29 is 19.1 Å². The Kier molecular flexibility index (Phi) is 4.80. The molecule has 0 bridgehead atoms. The zero-order chi connectivity index (χ0) is 15.4. The third-order valence-electron chi connectivity index (χ3n) is 3.30. The molecule has 0 saturated carbocycles. The predicted molar refractivity (Wildman–Crippen MR) is 79.9 cm³/mol. The van der Waals surface area contributed by atoms with Gasteiger partial charge >= 0.3 is 5.97 Å². The Hall–Kier alpha value is -2.08. The van der Waals surface area contributed by atoms with E-state index in [0.717, 1.165) is 12.7 Å². The van der Waals surface area contributed by atoms with E-state index >= 15 is 0 Å². The number of carbonyl (C=O) groups excluding carboxylic acids is 1. The lowest BCUT2D eigenvalue weighted by Gasteiger charge is -2.27.